The number of likely N-dealkylation sites (N-methyl/N-ethyl adjacent to an activating group) is 1. The molecule has 0 radical (unpaired) electrons. The minimum Gasteiger partial charge on any atom is -0.304 e. The van der Waals surface area contributed by atoms with Gasteiger partial charge in [0.15, 0.2) is 0 Å². The fourth-order valence-electron chi connectivity index (χ4n) is 1.80. The number of hydrazine groups is 1. The van der Waals surface area contributed by atoms with Crippen LogP contribution in [0.15, 0.2) is 0 Å². The van der Waals surface area contributed by atoms with Gasteiger partial charge in [-0.1, -0.05) is 12.8 Å². The summed E-state index contributed by atoms with van der Waals surface area (Å²) in [5, 5.41) is 2.38. The Morgan fingerprint density at radius 1 is 1.15 bits per heavy atom. The highest BCUT2D eigenvalue weighted by molar-refractivity contribution is 4.74. The third-order valence-corrected chi connectivity index (χ3v) is 3.09. The molecule has 3 nitrogen and oxygen atoms in total. The first-order chi connectivity index (χ1) is 6.34. The second-order valence-electron chi connectivity index (χ2n) is 4.43. The number of hydrogen-bond donors (Lipinski definition) is 1. The van der Waals surface area contributed by atoms with Crippen LogP contribution in [0.3, 0.4) is 0 Å². The van der Waals surface area contributed by atoms with Crippen molar-refractivity contribution in [2.45, 2.75) is 19.3 Å². The van der Waals surface area contributed by atoms with E-state index >= 15 is 0 Å². The topological polar surface area (TPSA) is 18.5 Å². The lowest BCUT2D eigenvalue weighted by atomic mass is 10.3. The zero-order valence-electron chi connectivity index (χ0n) is 8.63. The molecule has 1 saturated carbocycles. The monoisotopic (exact) mass is 183 g/mol. The fraction of sp³-hybridized carbons (Fsp3) is 1.00. The van der Waals surface area contributed by atoms with Crippen LogP contribution >= 0.6 is 0 Å². The van der Waals surface area contributed by atoms with E-state index in [-0.39, 0.29) is 0 Å². The van der Waals surface area contributed by atoms with Crippen LogP contribution in [0.1, 0.15) is 19.3 Å². The smallest absolute Gasteiger partial charge is 0.0259 e. The molecule has 0 aromatic heterocycles. The Labute approximate surface area is 81.1 Å². The second-order valence-corrected chi connectivity index (χ2v) is 4.43. The van der Waals surface area contributed by atoms with E-state index in [1.807, 2.05) is 0 Å². The van der Waals surface area contributed by atoms with Crippen LogP contribution in [0.25, 0.3) is 0 Å². The second kappa shape index (κ2) is 4.40. The van der Waals surface area contributed by atoms with Gasteiger partial charge in [0.1, 0.15) is 0 Å². The van der Waals surface area contributed by atoms with Crippen molar-refractivity contribution in [3.05, 3.63) is 0 Å². The molecule has 76 valence electrons. The summed E-state index contributed by atoms with van der Waals surface area (Å²) in [6.07, 6.45) is 4.33. The van der Waals surface area contributed by atoms with Crippen molar-refractivity contribution in [1.82, 2.24) is 15.3 Å². The van der Waals surface area contributed by atoms with Gasteiger partial charge in [-0.05, 0) is 19.4 Å². The van der Waals surface area contributed by atoms with E-state index in [1.54, 1.807) is 0 Å². The van der Waals surface area contributed by atoms with Crippen molar-refractivity contribution in [2.24, 2.45) is 5.92 Å². The average Bonchev–Trinajstić information content (AvgIpc) is 2.92. The normalized spacial score (nSPS) is 26.5. The fourth-order valence-corrected chi connectivity index (χ4v) is 1.80. The number of nitrogens with zero attached hydrogens (tertiary/aromatic N) is 2. The molecule has 2 rings (SSSR count). The molecule has 3 heteroatoms. The first-order valence-electron chi connectivity index (χ1n) is 5.51. The molecule has 0 aromatic carbocycles. The molecule has 1 N–H and O–H groups in total. The van der Waals surface area contributed by atoms with Gasteiger partial charge >= 0.3 is 0 Å². The van der Waals surface area contributed by atoms with Crippen molar-refractivity contribution in [3.8, 4) is 0 Å². The summed E-state index contributed by atoms with van der Waals surface area (Å²) in [7, 11) is 2.20. The molecular weight excluding hydrogens is 162 g/mol. The molecular formula is C10H21N3. The molecule has 13 heavy (non-hydrogen) atoms. The van der Waals surface area contributed by atoms with E-state index in [0.717, 1.165) is 5.92 Å². The van der Waals surface area contributed by atoms with Gasteiger partial charge in [-0.2, -0.15) is 0 Å². The summed E-state index contributed by atoms with van der Waals surface area (Å²) >= 11 is 0. The lowest BCUT2D eigenvalue weighted by molar-refractivity contribution is 0.104. The van der Waals surface area contributed by atoms with Gasteiger partial charge in [0.2, 0.25) is 0 Å². The summed E-state index contributed by atoms with van der Waals surface area (Å²) in [5.41, 5.74) is 3.52. The van der Waals surface area contributed by atoms with Gasteiger partial charge in [-0.15, -0.1) is 0 Å². The third-order valence-electron chi connectivity index (χ3n) is 3.09. The van der Waals surface area contributed by atoms with E-state index in [4.69, 9.17) is 0 Å². The Morgan fingerprint density at radius 3 is 2.46 bits per heavy atom. The van der Waals surface area contributed by atoms with Crippen LogP contribution in [-0.2, 0) is 0 Å². The van der Waals surface area contributed by atoms with Crippen molar-refractivity contribution >= 4 is 0 Å². The third kappa shape index (κ3) is 3.25. The number of piperazine rings is 1. The molecule has 1 heterocycles. The van der Waals surface area contributed by atoms with Crippen molar-refractivity contribution in [1.29, 1.82) is 0 Å². The SMILES string of the molecule is CN1CCN(NCCC2CC2)CC1. The van der Waals surface area contributed by atoms with Gasteiger partial charge in [-0.25, -0.2) is 5.01 Å². The molecule has 0 amide bonds. The van der Waals surface area contributed by atoms with E-state index in [1.165, 1.54) is 52.0 Å². The summed E-state index contributed by atoms with van der Waals surface area (Å²) in [6, 6.07) is 0. The van der Waals surface area contributed by atoms with Crippen molar-refractivity contribution < 1.29 is 0 Å². The van der Waals surface area contributed by atoms with E-state index in [9.17, 15) is 0 Å². The molecule has 2 fully saturated rings. The van der Waals surface area contributed by atoms with Gasteiger partial charge in [0, 0.05) is 32.7 Å². The highest BCUT2D eigenvalue weighted by Gasteiger charge is 2.21. The lowest BCUT2D eigenvalue weighted by Crippen LogP contribution is -2.50. The van der Waals surface area contributed by atoms with Crippen LogP contribution in [0, 0.1) is 5.92 Å². The van der Waals surface area contributed by atoms with Crippen LogP contribution in [0.2, 0.25) is 0 Å². The summed E-state index contributed by atoms with van der Waals surface area (Å²) in [5.74, 6) is 1.06. The van der Waals surface area contributed by atoms with Gasteiger partial charge in [0.25, 0.3) is 0 Å². The minimum absolute atomic E-state index is 1.06. The Hall–Kier alpha value is -0.120. The highest BCUT2D eigenvalue weighted by atomic mass is 15.5. The first kappa shape index (κ1) is 9.44. The number of rotatable bonds is 4. The van der Waals surface area contributed by atoms with Crippen molar-refractivity contribution in [3.63, 3.8) is 0 Å². The highest BCUT2D eigenvalue weighted by Crippen LogP contribution is 2.31. The van der Waals surface area contributed by atoms with Crippen LogP contribution < -0.4 is 5.43 Å². The quantitative estimate of drug-likeness (QED) is 0.686. The zero-order chi connectivity index (χ0) is 9.10. The summed E-state index contributed by atoms with van der Waals surface area (Å²) in [6.45, 7) is 5.96. The summed E-state index contributed by atoms with van der Waals surface area (Å²) < 4.78 is 0. The Balaban J connectivity index is 1.53. The van der Waals surface area contributed by atoms with Crippen LogP contribution in [-0.4, -0.2) is 49.7 Å². The predicted octanol–water partition coefficient (Wildman–Crippen LogP) is 0.538. The number of hydrogen-bond acceptors (Lipinski definition) is 3. The van der Waals surface area contributed by atoms with Crippen molar-refractivity contribution in [2.75, 3.05) is 39.8 Å². The van der Waals surface area contributed by atoms with E-state index in [2.05, 4.69) is 22.4 Å². The average molecular weight is 183 g/mol. The van der Waals surface area contributed by atoms with Crippen LogP contribution in [0.5, 0.6) is 0 Å². The Kier molecular flexibility index (Phi) is 3.19. The zero-order valence-corrected chi connectivity index (χ0v) is 8.63. The number of nitrogens with one attached hydrogen (secondary N) is 1. The largest absolute Gasteiger partial charge is 0.304 e. The van der Waals surface area contributed by atoms with E-state index < -0.39 is 0 Å². The van der Waals surface area contributed by atoms with Crippen LogP contribution in [0.4, 0.5) is 0 Å². The molecule has 0 bridgehead atoms. The molecule has 1 saturated heterocycles. The predicted molar refractivity (Wildman–Crippen MR) is 54.4 cm³/mol. The molecule has 1 aliphatic carbocycles. The molecule has 2 aliphatic rings. The lowest BCUT2D eigenvalue weighted by Gasteiger charge is -2.32. The minimum atomic E-state index is 1.06. The molecule has 0 atom stereocenters. The first-order valence-corrected chi connectivity index (χ1v) is 5.51. The van der Waals surface area contributed by atoms with E-state index in [0.29, 0.717) is 0 Å². The van der Waals surface area contributed by atoms with Gasteiger partial charge in [0.05, 0.1) is 0 Å². The molecule has 0 unspecified atom stereocenters. The van der Waals surface area contributed by atoms with Gasteiger partial charge < -0.3 is 4.90 Å². The molecule has 1 aliphatic heterocycles. The Morgan fingerprint density at radius 2 is 1.85 bits per heavy atom. The standard InChI is InChI=1S/C10H21N3/c1-12-6-8-13(9-7-12)11-5-4-10-2-3-10/h10-11H,2-9H2,1H3. The Bertz CT molecular complexity index is 148. The van der Waals surface area contributed by atoms with Gasteiger partial charge in [-0.3, -0.25) is 5.43 Å². The molecule has 0 aromatic rings. The molecule has 0 spiro atoms. The maximum atomic E-state index is 3.52. The summed E-state index contributed by atoms with van der Waals surface area (Å²) in [4.78, 5) is 2.39. The maximum Gasteiger partial charge on any atom is 0.0259 e. The maximum absolute atomic E-state index is 3.52.